The molecule has 0 aromatic heterocycles. The van der Waals surface area contributed by atoms with Gasteiger partial charge in [0.15, 0.2) is 0 Å². The van der Waals surface area contributed by atoms with Crippen LogP contribution in [0.2, 0.25) is 0 Å². The lowest BCUT2D eigenvalue weighted by Gasteiger charge is -2.07. The fourth-order valence-corrected chi connectivity index (χ4v) is 3.71. The van der Waals surface area contributed by atoms with Gasteiger partial charge >= 0.3 is 0 Å². The number of amides is 1. The summed E-state index contributed by atoms with van der Waals surface area (Å²) in [7, 11) is 0. The lowest BCUT2D eigenvalue weighted by Crippen LogP contribution is -2.30. The van der Waals surface area contributed by atoms with Crippen molar-refractivity contribution in [2.75, 3.05) is 6.54 Å². The topological polar surface area (TPSA) is 49.3 Å². The largest absolute Gasteiger partial charge is 0.392 e. The summed E-state index contributed by atoms with van der Waals surface area (Å²) in [6.07, 6.45) is 26.2. The van der Waals surface area contributed by atoms with Crippen molar-refractivity contribution in [2.45, 2.75) is 148 Å². The molecular weight excluding hydrogens is 346 g/mol. The molecular formula is C25H51NO2. The van der Waals surface area contributed by atoms with E-state index in [0.29, 0.717) is 13.0 Å². The molecule has 0 aromatic rings. The van der Waals surface area contributed by atoms with E-state index in [9.17, 15) is 4.79 Å². The fraction of sp³-hybridized carbons (Fsp3) is 0.960. The predicted octanol–water partition coefficient (Wildman–Crippen LogP) is 7.31. The maximum Gasteiger partial charge on any atom is 0.220 e. The summed E-state index contributed by atoms with van der Waals surface area (Å²) in [5.41, 5.74) is 0. The van der Waals surface area contributed by atoms with Crippen LogP contribution in [0.25, 0.3) is 0 Å². The molecule has 0 fully saturated rings. The number of hydrogen-bond acceptors (Lipinski definition) is 2. The number of hydrogen-bond donors (Lipinski definition) is 2. The Morgan fingerprint density at radius 2 is 0.964 bits per heavy atom. The van der Waals surface area contributed by atoms with E-state index in [2.05, 4.69) is 12.2 Å². The van der Waals surface area contributed by atoms with Crippen molar-refractivity contribution in [2.24, 2.45) is 0 Å². The highest BCUT2D eigenvalue weighted by molar-refractivity contribution is 5.75. The second kappa shape index (κ2) is 22.7. The molecule has 0 aliphatic heterocycles. The van der Waals surface area contributed by atoms with Gasteiger partial charge in [-0.05, 0) is 13.3 Å². The van der Waals surface area contributed by atoms with Crippen LogP contribution in [0.3, 0.4) is 0 Å². The van der Waals surface area contributed by atoms with Gasteiger partial charge in [0.1, 0.15) is 0 Å². The lowest BCUT2D eigenvalue weighted by atomic mass is 10.0. The van der Waals surface area contributed by atoms with Crippen LogP contribution in [0.4, 0.5) is 0 Å². The SMILES string of the molecule is CCCCCCCCCCCCCCCCCCCCCC(=O)NCC(C)O. The van der Waals surface area contributed by atoms with Gasteiger partial charge in [-0.25, -0.2) is 0 Å². The van der Waals surface area contributed by atoms with Gasteiger partial charge in [0.05, 0.1) is 6.10 Å². The Balaban J connectivity index is 3.07. The average Bonchev–Trinajstić information content (AvgIpc) is 2.68. The maximum absolute atomic E-state index is 11.5. The maximum atomic E-state index is 11.5. The molecule has 0 rings (SSSR count). The van der Waals surface area contributed by atoms with Gasteiger partial charge < -0.3 is 10.4 Å². The molecule has 0 bridgehead atoms. The molecule has 0 heterocycles. The first-order chi connectivity index (χ1) is 13.7. The lowest BCUT2D eigenvalue weighted by molar-refractivity contribution is -0.121. The van der Waals surface area contributed by atoms with Gasteiger partial charge in [-0.3, -0.25) is 4.79 Å². The Morgan fingerprint density at radius 1 is 0.643 bits per heavy atom. The van der Waals surface area contributed by atoms with Crippen LogP contribution in [-0.4, -0.2) is 23.7 Å². The highest BCUT2D eigenvalue weighted by atomic mass is 16.3. The van der Waals surface area contributed by atoms with Crippen molar-refractivity contribution in [3.63, 3.8) is 0 Å². The Bertz CT molecular complexity index is 318. The van der Waals surface area contributed by atoms with E-state index in [1.165, 1.54) is 109 Å². The molecule has 0 spiro atoms. The van der Waals surface area contributed by atoms with E-state index >= 15 is 0 Å². The summed E-state index contributed by atoms with van der Waals surface area (Å²) in [5, 5.41) is 11.9. The standard InChI is InChI=1S/C25H51NO2/c1-3-4-5-6-7-8-9-10-11-12-13-14-15-16-17-18-19-20-21-22-25(28)26-23-24(2)27/h24,27H,3-23H2,1-2H3,(H,26,28). The van der Waals surface area contributed by atoms with Crippen molar-refractivity contribution in [3.8, 4) is 0 Å². The average molecular weight is 398 g/mol. The zero-order valence-corrected chi connectivity index (χ0v) is 19.3. The van der Waals surface area contributed by atoms with Crippen molar-refractivity contribution >= 4 is 5.91 Å². The van der Waals surface area contributed by atoms with E-state index in [1.807, 2.05) is 0 Å². The first kappa shape index (κ1) is 27.4. The Morgan fingerprint density at radius 3 is 1.29 bits per heavy atom. The molecule has 28 heavy (non-hydrogen) atoms. The van der Waals surface area contributed by atoms with Gasteiger partial charge in [-0.2, -0.15) is 0 Å². The minimum atomic E-state index is -0.450. The molecule has 1 amide bonds. The monoisotopic (exact) mass is 397 g/mol. The fourth-order valence-electron chi connectivity index (χ4n) is 3.71. The second-order valence-electron chi connectivity index (χ2n) is 8.77. The minimum absolute atomic E-state index is 0.0767. The summed E-state index contributed by atoms with van der Waals surface area (Å²) in [6, 6.07) is 0. The summed E-state index contributed by atoms with van der Waals surface area (Å²) in [4.78, 5) is 11.5. The predicted molar refractivity (Wildman–Crippen MR) is 123 cm³/mol. The van der Waals surface area contributed by atoms with Crippen LogP contribution < -0.4 is 5.32 Å². The molecule has 0 aliphatic carbocycles. The summed E-state index contributed by atoms with van der Waals surface area (Å²) in [6.45, 7) is 4.35. The van der Waals surface area contributed by atoms with E-state index in [-0.39, 0.29) is 5.91 Å². The minimum Gasteiger partial charge on any atom is -0.392 e. The van der Waals surface area contributed by atoms with E-state index in [4.69, 9.17) is 5.11 Å². The van der Waals surface area contributed by atoms with Crippen LogP contribution in [-0.2, 0) is 4.79 Å². The third kappa shape index (κ3) is 23.5. The zero-order chi connectivity index (χ0) is 20.7. The van der Waals surface area contributed by atoms with Gasteiger partial charge in [0.2, 0.25) is 5.91 Å². The van der Waals surface area contributed by atoms with Crippen LogP contribution in [0.1, 0.15) is 142 Å². The van der Waals surface area contributed by atoms with Crippen LogP contribution >= 0.6 is 0 Å². The molecule has 168 valence electrons. The van der Waals surface area contributed by atoms with Gasteiger partial charge in [-0.15, -0.1) is 0 Å². The molecule has 0 saturated heterocycles. The molecule has 2 N–H and O–H groups in total. The highest BCUT2D eigenvalue weighted by Crippen LogP contribution is 2.14. The van der Waals surface area contributed by atoms with Crippen molar-refractivity contribution < 1.29 is 9.90 Å². The van der Waals surface area contributed by atoms with Crippen LogP contribution in [0.5, 0.6) is 0 Å². The highest BCUT2D eigenvalue weighted by Gasteiger charge is 2.02. The van der Waals surface area contributed by atoms with Gasteiger partial charge in [0, 0.05) is 13.0 Å². The number of carbonyl (C=O) groups is 1. The van der Waals surface area contributed by atoms with E-state index in [1.54, 1.807) is 6.92 Å². The van der Waals surface area contributed by atoms with Crippen molar-refractivity contribution in [1.82, 2.24) is 5.32 Å². The first-order valence-electron chi connectivity index (χ1n) is 12.6. The third-order valence-corrected chi connectivity index (χ3v) is 5.60. The summed E-state index contributed by atoms with van der Waals surface area (Å²) >= 11 is 0. The van der Waals surface area contributed by atoms with Gasteiger partial charge in [-0.1, -0.05) is 122 Å². The molecule has 0 aliphatic rings. The normalized spacial score (nSPS) is 12.2. The summed E-state index contributed by atoms with van der Waals surface area (Å²) < 4.78 is 0. The molecule has 0 saturated carbocycles. The Labute approximate surface area is 176 Å². The van der Waals surface area contributed by atoms with Crippen LogP contribution in [0, 0.1) is 0 Å². The van der Waals surface area contributed by atoms with Crippen LogP contribution in [0.15, 0.2) is 0 Å². The number of rotatable bonds is 22. The van der Waals surface area contributed by atoms with Gasteiger partial charge in [0.25, 0.3) is 0 Å². The molecule has 1 atom stereocenters. The first-order valence-corrected chi connectivity index (χ1v) is 12.6. The third-order valence-electron chi connectivity index (χ3n) is 5.60. The number of carbonyl (C=O) groups excluding carboxylic acids is 1. The zero-order valence-electron chi connectivity index (χ0n) is 19.3. The number of aliphatic hydroxyl groups is 1. The molecule has 3 nitrogen and oxygen atoms in total. The number of aliphatic hydroxyl groups excluding tert-OH is 1. The molecule has 3 heteroatoms. The van der Waals surface area contributed by atoms with E-state index < -0.39 is 6.10 Å². The smallest absolute Gasteiger partial charge is 0.220 e. The summed E-state index contributed by atoms with van der Waals surface area (Å²) in [5.74, 6) is 0.0767. The Kier molecular flexibility index (Phi) is 22.3. The second-order valence-corrected chi connectivity index (χ2v) is 8.77. The van der Waals surface area contributed by atoms with Crippen molar-refractivity contribution in [1.29, 1.82) is 0 Å². The molecule has 1 unspecified atom stereocenters. The number of nitrogens with one attached hydrogen (secondary N) is 1. The Hall–Kier alpha value is -0.570. The molecule has 0 radical (unpaired) electrons. The quantitative estimate of drug-likeness (QED) is 0.188. The van der Waals surface area contributed by atoms with Crippen molar-refractivity contribution in [3.05, 3.63) is 0 Å². The molecule has 0 aromatic carbocycles. The van der Waals surface area contributed by atoms with E-state index in [0.717, 1.165) is 12.8 Å². The number of unbranched alkanes of at least 4 members (excludes halogenated alkanes) is 18.